The molecule has 3 rings (SSSR count). The number of aryl methyl sites for hydroxylation is 1. The van der Waals surface area contributed by atoms with Crippen LogP contribution in [-0.2, 0) is 15.6 Å². The predicted molar refractivity (Wildman–Crippen MR) is 83.7 cm³/mol. The molecule has 0 N–H and O–H groups in total. The molecular formula is C13H15NO2S3. The SMILES string of the molecule is Cc1ccc(CSC2=NC3CS(=O)(=O)CC3S2)cc1. The van der Waals surface area contributed by atoms with Gasteiger partial charge >= 0.3 is 0 Å². The molecule has 0 amide bonds. The Hall–Kier alpha value is -0.460. The molecule has 6 heteroatoms. The van der Waals surface area contributed by atoms with E-state index in [9.17, 15) is 8.42 Å². The monoisotopic (exact) mass is 313 g/mol. The summed E-state index contributed by atoms with van der Waals surface area (Å²) in [7, 11) is -2.84. The van der Waals surface area contributed by atoms with Crippen LogP contribution in [0.5, 0.6) is 0 Å². The lowest BCUT2D eigenvalue weighted by molar-refractivity contribution is 0.601. The number of hydrogen-bond donors (Lipinski definition) is 0. The summed E-state index contributed by atoms with van der Waals surface area (Å²) >= 11 is 3.36. The van der Waals surface area contributed by atoms with Crippen molar-refractivity contribution in [1.82, 2.24) is 0 Å². The van der Waals surface area contributed by atoms with Crippen LogP contribution in [0.15, 0.2) is 29.3 Å². The average Bonchev–Trinajstić information content (AvgIpc) is 2.81. The van der Waals surface area contributed by atoms with Crippen molar-refractivity contribution < 1.29 is 8.42 Å². The van der Waals surface area contributed by atoms with Crippen LogP contribution in [0.3, 0.4) is 0 Å². The molecule has 1 aromatic rings. The number of thioether (sulfide) groups is 2. The van der Waals surface area contributed by atoms with Gasteiger partial charge in [0.05, 0.1) is 17.5 Å². The summed E-state index contributed by atoms with van der Waals surface area (Å²) in [6.45, 7) is 2.08. The maximum absolute atomic E-state index is 11.5. The van der Waals surface area contributed by atoms with E-state index < -0.39 is 9.84 Å². The van der Waals surface area contributed by atoms with Gasteiger partial charge in [0.1, 0.15) is 4.38 Å². The predicted octanol–water partition coefficient (Wildman–Crippen LogP) is 2.50. The number of rotatable bonds is 2. The van der Waals surface area contributed by atoms with Gasteiger partial charge in [0.15, 0.2) is 9.84 Å². The topological polar surface area (TPSA) is 46.5 Å². The van der Waals surface area contributed by atoms with E-state index >= 15 is 0 Å². The number of hydrogen-bond acceptors (Lipinski definition) is 5. The Balaban J connectivity index is 1.59. The van der Waals surface area contributed by atoms with Gasteiger partial charge in [-0.15, -0.1) is 0 Å². The van der Waals surface area contributed by atoms with Crippen molar-refractivity contribution in [3.8, 4) is 0 Å². The molecule has 2 heterocycles. The summed E-state index contributed by atoms with van der Waals surface area (Å²) in [6.07, 6.45) is 0. The van der Waals surface area contributed by atoms with Crippen LogP contribution in [0, 0.1) is 6.92 Å². The minimum absolute atomic E-state index is 0.00415. The molecule has 19 heavy (non-hydrogen) atoms. The lowest BCUT2D eigenvalue weighted by atomic mass is 10.2. The van der Waals surface area contributed by atoms with Gasteiger partial charge in [0.2, 0.25) is 0 Å². The molecule has 2 unspecified atom stereocenters. The van der Waals surface area contributed by atoms with Crippen LogP contribution >= 0.6 is 23.5 Å². The first-order valence-corrected chi connectivity index (χ1v) is 9.84. The van der Waals surface area contributed by atoms with Crippen molar-refractivity contribution in [2.24, 2.45) is 4.99 Å². The summed E-state index contributed by atoms with van der Waals surface area (Å²) in [4.78, 5) is 4.54. The second-order valence-electron chi connectivity index (χ2n) is 4.97. The standard InChI is InChI=1S/C13H15NO2S3/c1-9-2-4-10(5-3-9)6-17-13-14-11-7-19(15,16)8-12(11)18-13/h2-5,11-12H,6-8H2,1H3. The number of fused-ring (bicyclic) bond motifs is 1. The average molecular weight is 313 g/mol. The van der Waals surface area contributed by atoms with Crippen LogP contribution in [0.2, 0.25) is 0 Å². The molecule has 0 bridgehead atoms. The van der Waals surface area contributed by atoms with Gasteiger partial charge in [-0.3, -0.25) is 4.99 Å². The fourth-order valence-corrected chi connectivity index (χ4v) is 7.21. The fourth-order valence-electron chi connectivity index (χ4n) is 2.23. The first-order valence-electron chi connectivity index (χ1n) is 6.15. The summed E-state index contributed by atoms with van der Waals surface area (Å²) in [6, 6.07) is 8.49. The van der Waals surface area contributed by atoms with Crippen molar-refractivity contribution in [1.29, 1.82) is 0 Å². The highest BCUT2D eigenvalue weighted by atomic mass is 32.2. The lowest BCUT2D eigenvalue weighted by Gasteiger charge is -2.03. The molecule has 0 radical (unpaired) electrons. The van der Waals surface area contributed by atoms with E-state index in [1.165, 1.54) is 11.1 Å². The Morgan fingerprint density at radius 2 is 2.05 bits per heavy atom. The molecule has 2 aliphatic heterocycles. The van der Waals surface area contributed by atoms with Gasteiger partial charge in [0, 0.05) is 11.0 Å². The Bertz CT molecular complexity index is 607. The molecule has 0 saturated carbocycles. The van der Waals surface area contributed by atoms with Gasteiger partial charge in [-0.1, -0.05) is 53.4 Å². The molecule has 3 nitrogen and oxygen atoms in total. The Morgan fingerprint density at radius 3 is 2.74 bits per heavy atom. The van der Waals surface area contributed by atoms with Gasteiger partial charge < -0.3 is 0 Å². The third-order valence-corrected chi connectivity index (χ3v) is 7.77. The van der Waals surface area contributed by atoms with E-state index in [1.54, 1.807) is 23.5 Å². The van der Waals surface area contributed by atoms with Gasteiger partial charge in [-0.25, -0.2) is 8.42 Å². The second kappa shape index (κ2) is 5.14. The molecule has 0 aromatic heterocycles. The van der Waals surface area contributed by atoms with Crippen molar-refractivity contribution in [2.75, 3.05) is 11.5 Å². The molecule has 1 aromatic carbocycles. The van der Waals surface area contributed by atoms with E-state index in [-0.39, 0.29) is 17.0 Å². The van der Waals surface area contributed by atoms with Crippen LogP contribution in [0.4, 0.5) is 0 Å². The number of aliphatic imine (C=N–C) groups is 1. The van der Waals surface area contributed by atoms with Gasteiger partial charge in [0.25, 0.3) is 0 Å². The van der Waals surface area contributed by atoms with E-state index in [2.05, 4.69) is 36.2 Å². The zero-order valence-corrected chi connectivity index (χ0v) is 13.0. The van der Waals surface area contributed by atoms with Gasteiger partial charge in [-0.05, 0) is 12.5 Å². The molecule has 1 saturated heterocycles. The van der Waals surface area contributed by atoms with E-state index in [0.717, 1.165) is 10.1 Å². The zero-order chi connectivity index (χ0) is 13.5. The van der Waals surface area contributed by atoms with Crippen LogP contribution in [0.25, 0.3) is 0 Å². The summed E-state index contributed by atoms with van der Waals surface area (Å²) in [5, 5.41) is 0.158. The van der Waals surface area contributed by atoms with E-state index in [1.807, 2.05) is 0 Å². The van der Waals surface area contributed by atoms with Crippen molar-refractivity contribution in [2.45, 2.75) is 24.0 Å². The summed E-state index contributed by atoms with van der Waals surface area (Å²) < 4.78 is 24.0. The molecule has 0 spiro atoms. The Kier molecular flexibility index (Phi) is 3.66. The summed E-state index contributed by atoms with van der Waals surface area (Å²) in [5.74, 6) is 1.43. The third kappa shape index (κ3) is 3.17. The maximum atomic E-state index is 11.5. The van der Waals surface area contributed by atoms with Gasteiger partial charge in [-0.2, -0.15) is 0 Å². The Labute approximate surface area is 122 Å². The van der Waals surface area contributed by atoms with E-state index in [4.69, 9.17) is 0 Å². The molecule has 2 aliphatic rings. The van der Waals surface area contributed by atoms with Crippen molar-refractivity contribution in [3.05, 3.63) is 35.4 Å². The second-order valence-corrected chi connectivity index (χ2v) is 9.57. The highest BCUT2D eigenvalue weighted by Crippen LogP contribution is 2.38. The smallest absolute Gasteiger partial charge is 0.153 e. The quantitative estimate of drug-likeness (QED) is 0.841. The fraction of sp³-hybridized carbons (Fsp3) is 0.462. The van der Waals surface area contributed by atoms with Crippen molar-refractivity contribution >= 4 is 37.7 Å². The van der Waals surface area contributed by atoms with Crippen molar-refractivity contribution in [3.63, 3.8) is 0 Å². The largest absolute Gasteiger partial charge is 0.266 e. The molecule has 0 aliphatic carbocycles. The Morgan fingerprint density at radius 1 is 1.32 bits per heavy atom. The highest BCUT2D eigenvalue weighted by molar-refractivity contribution is 8.39. The first-order chi connectivity index (χ1) is 9.02. The molecule has 102 valence electrons. The molecule has 2 atom stereocenters. The van der Waals surface area contributed by atoms with E-state index in [0.29, 0.717) is 5.75 Å². The summed E-state index contributed by atoms with van der Waals surface area (Å²) in [5.41, 5.74) is 2.55. The normalized spacial score (nSPS) is 28.2. The number of sulfone groups is 1. The third-order valence-electron chi connectivity index (χ3n) is 3.28. The molecular weight excluding hydrogens is 298 g/mol. The maximum Gasteiger partial charge on any atom is 0.153 e. The molecule has 1 fully saturated rings. The van der Waals surface area contributed by atoms with Crippen LogP contribution in [-0.4, -0.2) is 35.6 Å². The highest BCUT2D eigenvalue weighted by Gasteiger charge is 2.42. The minimum Gasteiger partial charge on any atom is -0.266 e. The number of nitrogens with zero attached hydrogens (tertiary/aromatic N) is 1. The lowest BCUT2D eigenvalue weighted by Crippen LogP contribution is -2.12. The minimum atomic E-state index is -2.84. The van der Waals surface area contributed by atoms with Crippen LogP contribution in [0.1, 0.15) is 11.1 Å². The zero-order valence-electron chi connectivity index (χ0n) is 10.6. The number of benzene rings is 1. The first kappa shape index (κ1) is 13.5. The van der Waals surface area contributed by atoms with Crippen LogP contribution < -0.4 is 0 Å².